The number of aromatic amines is 1. The van der Waals surface area contributed by atoms with Crippen LogP contribution in [-0.2, 0) is 22.6 Å². The summed E-state index contributed by atoms with van der Waals surface area (Å²) in [4.78, 5) is 36.7. The number of aryl methyl sites for hydroxylation is 2. The number of likely N-dealkylation sites (tertiary alicyclic amines) is 1. The number of pyridine rings is 1. The fourth-order valence-electron chi connectivity index (χ4n) is 3.51. The van der Waals surface area contributed by atoms with Crippen molar-refractivity contribution in [3.05, 3.63) is 57.5 Å². The summed E-state index contributed by atoms with van der Waals surface area (Å²) in [5, 5.41) is 0. The largest absolute Gasteiger partial charge is 0.372 e. The zero-order chi connectivity index (χ0) is 19.2. The highest BCUT2D eigenvalue weighted by molar-refractivity contribution is 5.76. The van der Waals surface area contributed by atoms with Gasteiger partial charge < -0.3 is 14.6 Å². The minimum absolute atomic E-state index is 0.0566. The minimum atomic E-state index is -0.343. The molecule has 1 atom stereocenters. The van der Waals surface area contributed by atoms with E-state index in [4.69, 9.17) is 4.74 Å². The lowest BCUT2D eigenvalue weighted by atomic mass is 10.0. The molecule has 7 nitrogen and oxygen atoms in total. The van der Waals surface area contributed by atoms with E-state index in [1.165, 1.54) is 0 Å². The quantitative estimate of drug-likeness (QED) is 0.839. The number of amides is 1. The van der Waals surface area contributed by atoms with E-state index in [-0.39, 0.29) is 17.7 Å². The number of piperidine rings is 1. The number of rotatable bonds is 6. The molecular weight excluding hydrogens is 344 g/mol. The van der Waals surface area contributed by atoms with Crippen molar-refractivity contribution in [1.29, 1.82) is 0 Å². The van der Waals surface area contributed by atoms with E-state index in [0.29, 0.717) is 31.7 Å². The first kappa shape index (κ1) is 19.2. The van der Waals surface area contributed by atoms with Crippen molar-refractivity contribution in [3.63, 3.8) is 0 Å². The fourth-order valence-corrected chi connectivity index (χ4v) is 3.51. The third kappa shape index (κ3) is 5.23. The molecule has 2 aromatic heterocycles. The van der Waals surface area contributed by atoms with Gasteiger partial charge in [-0.3, -0.25) is 9.78 Å². The van der Waals surface area contributed by atoms with Gasteiger partial charge in [0, 0.05) is 43.3 Å². The highest BCUT2D eigenvalue weighted by atomic mass is 16.5. The summed E-state index contributed by atoms with van der Waals surface area (Å²) in [7, 11) is 0. The van der Waals surface area contributed by atoms with Crippen LogP contribution in [-0.4, -0.2) is 45.0 Å². The normalized spacial score (nSPS) is 17.1. The van der Waals surface area contributed by atoms with Crippen molar-refractivity contribution in [1.82, 2.24) is 19.9 Å². The third-order valence-corrected chi connectivity index (χ3v) is 4.98. The number of ether oxygens (including phenoxy) is 1. The van der Waals surface area contributed by atoms with Crippen LogP contribution in [0.4, 0.5) is 0 Å². The first-order valence-electron chi connectivity index (χ1n) is 9.37. The molecule has 7 heteroatoms. The maximum absolute atomic E-state index is 12.6. The van der Waals surface area contributed by atoms with Crippen molar-refractivity contribution in [2.75, 3.05) is 13.1 Å². The first-order valence-corrected chi connectivity index (χ1v) is 9.37. The van der Waals surface area contributed by atoms with Crippen molar-refractivity contribution >= 4 is 5.91 Å². The number of hydrogen-bond donors (Lipinski definition) is 1. The van der Waals surface area contributed by atoms with Crippen molar-refractivity contribution in [2.45, 2.75) is 52.2 Å². The predicted octanol–water partition coefficient (Wildman–Crippen LogP) is 1.92. The molecule has 1 amide bonds. The molecule has 0 aromatic carbocycles. The molecule has 0 spiro atoms. The summed E-state index contributed by atoms with van der Waals surface area (Å²) < 4.78 is 5.98. The number of carbonyl (C=O) groups excluding carboxylic acids is 1. The molecule has 27 heavy (non-hydrogen) atoms. The molecule has 0 radical (unpaired) electrons. The molecule has 1 aliphatic rings. The fraction of sp³-hybridized carbons (Fsp3) is 0.500. The monoisotopic (exact) mass is 370 g/mol. The molecule has 1 saturated heterocycles. The van der Waals surface area contributed by atoms with Crippen LogP contribution in [0.1, 0.15) is 41.8 Å². The smallest absolute Gasteiger partial charge is 0.345 e. The van der Waals surface area contributed by atoms with Crippen LogP contribution in [0.25, 0.3) is 0 Å². The second kappa shape index (κ2) is 8.90. The predicted molar refractivity (Wildman–Crippen MR) is 101 cm³/mol. The van der Waals surface area contributed by atoms with Gasteiger partial charge in [-0.15, -0.1) is 0 Å². The molecule has 3 rings (SSSR count). The zero-order valence-corrected chi connectivity index (χ0v) is 15.9. The lowest BCUT2D eigenvalue weighted by Crippen LogP contribution is -2.43. The average Bonchev–Trinajstić information content (AvgIpc) is 2.66. The molecule has 144 valence electrons. The molecule has 0 bridgehead atoms. The summed E-state index contributed by atoms with van der Waals surface area (Å²) in [5.41, 5.74) is 3.13. The summed E-state index contributed by atoms with van der Waals surface area (Å²) in [6.07, 6.45) is 6.50. The molecule has 1 N–H and O–H groups in total. The Morgan fingerprint density at radius 3 is 3.00 bits per heavy atom. The number of nitrogens with zero attached hydrogens (tertiary/aromatic N) is 3. The Hall–Kier alpha value is -2.54. The number of carbonyl (C=O) groups is 1. The van der Waals surface area contributed by atoms with Gasteiger partial charge in [-0.2, -0.15) is 4.98 Å². The minimum Gasteiger partial charge on any atom is -0.372 e. The van der Waals surface area contributed by atoms with Crippen LogP contribution in [0.5, 0.6) is 0 Å². The second-order valence-electron chi connectivity index (χ2n) is 7.01. The molecule has 2 aromatic rings. The maximum atomic E-state index is 12.6. The zero-order valence-electron chi connectivity index (χ0n) is 15.9. The Balaban J connectivity index is 1.52. The maximum Gasteiger partial charge on any atom is 0.345 e. The summed E-state index contributed by atoms with van der Waals surface area (Å²) >= 11 is 0. The van der Waals surface area contributed by atoms with Crippen molar-refractivity contribution in [2.24, 2.45) is 0 Å². The van der Waals surface area contributed by atoms with Gasteiger partial charge >= 0.3 is 5.69 Å². The third-order valence-electron chi connectivity index (χ3n) is 4.98. The van der Waals surface area contributed by atoms with Crippen LogP contribution in [0.2, 0.25) is 0 Å². The van der Waals surface area contributed by atoms with Gasteiger partial charge in [0.1, 0.15) is 0 Å². The molecule has 0 saturated carbocycles. The number of H-pyrrole nitrogens is 1. The van der Waals surface area contributed by atoms with E-state index < -0.39 is 0 Å². The summed E-state index contributed by atoms with van der Waals surface area (Å²) in [6.45, 7) is 5.57. The summed E-state index contributed by atoms with van der Waals surface area (Å²) in [5.74, 6) is 0.120. The van der Waals surface area contributed by atoms with E-state index in [0.717, 1.165) is 36.2 Å². The van der Waals surface area contributed by atoms with Crippen LogP contribution in [0.3, 0.4) is 0 Å². The lowest BCUT2D eigenvalue weighted by Gasteiger charge is -2.33. The molecule has 1 fully saturated rings. The highest BCUT2D eigenvalue weighted by Crippen LogP contribution is 2.17. The molecule has 0 unspecified atom stereocenters. The van der Waals surface area contributed by atoms with Crippen LogP contribution >= 0.6 is 0 Å². The Morgan fingerprint density at radius 1 is 1.41 bits per heavy atom. The Bertz CT molecular complexity index is 809. The standard InChI is InChI=1S/C20H26N4O3/c1-14-18(15(2)23-20(26)22-14)7-8-19(25)24-10-4-6-17(12-24)27-13-16-5-3-9-21-11-16/h3,5,9,11,17H,4,6-8,10,12-13H2,1-2H3,(H,22,23,26)/t17-/m1/s1. The molecular formula is C20H26N4O3. The second-order valence-corrected chi connectivity index (χ2v) is 7.01. The van der Waals surface area contributed by atoms with Crippen molar-refractivity contribution < 1.29 is 9.53 Å². The Labute approximate surface area is 158 Å². The van der Waals surface area contributed by atoms with E-state index in [2.05, 4.69) is 15.0 Å². The number of hydrogen-bond acceptors (Lipinski definition) is 5. The van der Waals surface area contributed by atoms with Gasteiger partial charge in [0.25, 0.3) is 0 Å². The summed E-state index contributed by atoms with van der Waals surface area (Å²) in [6, 6.07) is 3.88. The van der Waals surface area contributed by atoms with Gasteiger partial charge in [0.05, 0.1) is 12.7 Å². The van der Waals surface area contributed by atoms with Gasteiger partial charge in [0.2, 0.25) is 5.91 Å². The van der Waals surface area contributed by atoms with E-state index in [1.807, 2.05) is 30.9 Å². The first-order chi connectivity index (χ1) is 13.0. The van der Waals surface area contributed by atoms with Gasteiger partial charge in [0.15, 0.2) is 0 Å². The van der Waals surface area contributed by atoms with Crippen molar-refractivity contribution in [3.8, 4) is 0 Å². The molecule has 3 heterocycles. The van der Waals surface area contributed by atoms with Crippen LogP contribution in [0.15, 0.2) is 29.3 Å². The Kier molecular flexibility index (Phi) is 6.34. The number of nitrogens with one attached hydrogen (secondary N) is 1. The van der Waals surface area contributed by atoms with Crippen LogP contribution < -0.4 is 5.69 Å². The average molecular weight is 370 g/mol. The lowest BCUT2D eigenvalue weighted by molar-refractivity contribution is -0.135. The van der Waals surface area contributed by atoms with Crippen LogP contribution in [0, 0.1) is 13.8 Å². The number of aromatic nitrogens is 3. The van der Waals surface area contributed by atoms with E-state index in [9.17, 15) is 9.59 Å². The SMILES string of the molecule is Cc1nc(=O)[nH]c(C)c1CCC(=O)N1CCC[C@@H](OCc2cccnc2)C1. The Morgan fingerprint density at radius 2 is 2.26 bits per heavy atom. The van der Waals surface area contributed by atoms with Gasteiger partial charge in [-0.25, -0.2) is 4.79 Å². The van der Waals surface area contributed by atoms with Gasteiger partial charge in [-0.05, 0) is 50.3 Å². The van der Waals surface area contributed by atoms with E-state index in [1.54, 1.807) is 12.4 Å². The molecule has 0 aliphatic carbocycles. The topological polar surface area (TPSA) is 88.2 Å². The highest BCUT2D eigenvalue weighted by Gasteiger charge is 2.24. The van der Waals surface area contributed by atoms with Gasteiger partial charge in [-0.1, -0.05) is 6.07 Å². The molecule has 1 aliphatic heterocycles. The van der Waals surface area contributed by atoms with E-state index >= 15 is 0 Å².